The topological polar surface area (TPSA) is 54.6 Å². The van der Waals surface area contributed by atoms with Crippen LogP contribution in [0.4, 0.5) is 6.01 Å². The predicted molar refractivity (Wildman–Crippen MR) is 85.2 cm³/mol. The number of piperidine rings is 1. The maximum Gasteiger partial charge on any atom is 0.318 e. The van der Waals surface area contributed by atoms with Crippen LogP contribution in [0, 0.1) is 0 Å². The van der Waals surface area contributed by atoms with E-state index in [9.17, 15) is 0 Å². The van der Waals surface area contributed by atoms with Gasteiger partial charge in [-0.05, 0) is 38.8 Å². The van der Waals surface area contributed by atoms with E-state index in [0.29, 0.717) is 6.01 Å². The van der Waals surface area contributed by atoms with E-state index in [1.54, 1.807) is 0 Å². The fourth-order valence-electron chi connectivity index (χ4n) is 3.30. The first-order valence-electron chi connectivity index (χ1n) is 8.76. The second-order valence-electron chi connectivity index (χ2n) is 6.38. The monoisotopic (exact) mass is 308 g/mol. The van der Waals surface area contributed by atoms with E-state index in [-0.39, 0.29) is 6.10 Å². The molecule has 22 heavy (non-hydrogen) atoms. The van der Waals surface area contributed by atoms with E-state index in [0.717, 1.165) is 51.4 Å². The number of anilines is 1. The molecule has 2 saturated heterocycles. The van der Waals surface area contributed by atoms with E-state index >= 15 is 0 Å². The summed E-state index contributed by atoms with van der Waals surface area (Å²) in [5, 5.41) is 8.36. The number of likely N-dealkylation sites (tertiary alicyclic amines) is 1. The minimum absolute atomic E-state index is 0.238. The molecule has 0 amide bonds. The summed E-state index contributed by atoms with van der Waals surface area (Å²) < 4.78 is 11.8. The van der Waals surface area contributed by atoms with Gasteiger partial charge in [0, 0.05) is 32.7 Å². The van der Waals surface area contributed by atoms with Gasteiger partial charge >= 0.3 is 6.01 Å². The minimum atomic E-state index is 0.238. The molecule has 3 rings (SSSR count). The van der Waals surface area contributed by atoms with Gasteiger partial charge in [0.05, 0.1) is 6.10 Å². The van der Waals surface area contributed by atoms with Gasteiger partial charge in [0.25, 0.3) is 0 Å². The van der Waals surface area contributed by atoms with Gasteiger partial charge in [-0.15, -0.1) is 5.10 Å². The summed E-state index contributed by atoms with van der Waals surface area (Å²) in [4.78, 5) is 4.74. The fourth-order valence-corrected chi connectivity index (χ4v) is 3.30. The first-order chi connectivity index (χ1) is 10.8. The van der Waals surface area contributed by atoms with Crippen LogP contribution in [-0.4, -0.2) is 60.5 Å². The highest BCUT2D eigenvalue weighted by Gasteiger charge is 2.25. The molecule has 1 aromatic heterocycles. The molecule has 6 nitrogen and oxygen atoms in total. The Labute approximate surface area is 132 Å². The van der Waals surface area contributed by atoms with Crippen LogP contribution < -0.4 is 4.90 Å². The van der Waals surface area contributed by atoms with E-state index in [2.05, 4.69) is 26.9 Å². The van der Waals surface area contributed by atoms with Gasteiger partial charge in [0.15, 0.2) is 0 Å². The van der Waals surface area contributed by atoms with Crippen LogP contribution in [-0.2, 0) is 11.2 Å². The van der Waals surface area contributed by atoms with Crippen LogP contribution in [0.1, 0.15) is 44.9 Å². The summed E-state index contributed by atoms with van der Waals surface area (Å²) in [5.74, 6) is 0.746. The maximum absolute atomic E-state index is 6.04. The Morgan fingerprint density at radius 3 is 2.77 bits per heavy atom. The van der Waals surface area contributed by atoms with Crippen molar-refractivity contribution in [2.45, 2.75) is 51.6 Å². The minimum Gasteiger partial charge on any atom is -0.408 e. The van der Waals surface area contributed by atoms with Crippen molar-refractivity contribution in [2.24, 2.45) is 0 Å². The lowest BCUT2D eigenvalue weighted by Gasteiger charge is -2.31. The number of ether oxygens (including phenoxy) is 1. The van der Waals surface area contributed by atoms with Gasteiger partial charge < -0.3 is 19.0 Å². The molecule has 0 spiro atoms. The SMILES string of the molecule is CCCc1nnc(N2CCCO[C@@H](CN3CCCCC3)C2)o1. The molecule has 6 heteroatoms. The summed E-state index contributed by atoms with van der Waals surface area (Å²) in [7, 11) is 0. The standard InChI is InChI=1S/C16H28N4O2/c1-2-7-15-17-18-16(22-15)20-10-6-11-21-14(13-20)12-19-8-4-3-5-9-19/h14H,2-13H2,1H3/t14-/m0/s1. The summed E-state index contributed by atoms with van der Waals surface area (Å²) in [6.07, 6.45) is 7.15. The third kappa shape index (κ3) is 4.20. The molecular formula is C16H28N4O2. The Hall–Kier alpha value is -1.14. The molecular weight excluding hydrogens is 280 g/mol. The van der Waals surface area contributed by atoms with Gasteiger partial charge in [-0.1, -0.05) is 18.4 Å². The van der Waals surface area contributed by atoms with Crippen LogP contribution in [0.2, 0.25) is 0 Å². The molecule has 2 aliphatic rings. The first-order valence-corrected chi connectivity index (χ1v) is 8.76. The highest BCUT2D eigenvalue weighted by atomic mass is 16.5. The number of rotatable bonds is 5. The average Bonchev–Trinajstić information content (AvgIpc) is 2.88. The van der Waals surface area contributed by atoms with E-state index in [1.807, 2.05) is 0 Å². The number of nitrogens with zero attached hydrogens (tertiary/aromatic N) is 4. The molecule has 0 radical (unpaired) electrons. The van der Waals surface area contributed by atoms with Crippen LogP contribution in [0.15, 0.2) is 4.42 Å². The van der Waals surface area contributed by atoms with Gasteiger partial charge in [0.1, 0.15) is 0 Å². The Bertz CT molecular complexity index is 445. The molecule has 1 aromatic rings. The third-order valence-electron chi connectivity index (χ3n) is 4.45. The Balaban J connectivity index is 1.58. The molecule has 124 valence electrons. The largest absolute Gasteiger partial charge is 0.408 e. The van der Waals surface area contributed by atoms with Gasteiger partial charge in [-0.25, -0.2) is 0 Å². The van der Waals surface area contributed by atoms with Crippen molar-refractivity contribution in [3.8, 4) is 0 Å². The number of aryl methyl sites for hydroxylation is 1. The Morgan fingerprint density at radius 2 is 1.95 bits per heavy atom. The summed E-state index contributed by atoms with van der Waals surface area (Å²) >= 11 is 0. The Kier molecular flexibility index (Phi) is 5.67. The predicted octanol–water partition coefficient (Wildman–Crippen LogP) is 2.10. The highest BCUT2D eigenvalue weighted by molar-refractivity contribution is 5.24. The second-order valence-corrected chi connectivity index (χ2v) is 6.38. The lowest BCUT2D eigenvalue weighted by Crippen LogP contribution is -2.42. The molecule has 0 unspecified atom stereocenters. The van der Waals surface area contributed by atoms with Crippen molar-refractivity contribution in [3.63, 3.8) is 0 Å². The van der Waals surface area contributed by atoms with Crippen LogP contribution >= 0.6 is 0 Å². The van der Waals surface area contributed by atoms with Crippen molar-refractivity contribution in [1.82, 2.24) is 15.1 Å². The van der Waals surface area contributed by atoms with Gasteiger partial charge in [0.2, 0.25) is 5.89 Å². The normalized spacial score (nSPS) is 24.4. The van der Waals surface area contributed by atoms with E-state index < -0.39 is 0 Å². The number of hydrogen-bond donors (Lipinski definition) is 0. The lowest BCUT2D eigenvalue weighted by atomic mass is 10.1. The van der Waals surface area contributed by atoms with Crippen LogP contribution in [0.25, 0.3) is 0 Å². The molecule has 0 aromatic carbocycles. The third-order valence-corrected chi connectivity index (χ3v) is 4.45. The zero-order chi connectivity index (χ0) is 15.2. The lowest BCUT2D eigenvalue weighted by molar-refractivity contribution is 0.0348. The Morgan fingerprint density at radius 1 is 1.09 bits per heavy atom. The van der Waals surface area contributed by atoms with Crippen molar-refractivity contribution >= 4 is 6.01 Å². The maximum atomic E-state index is 6.04. The van der Waals surface area contributed by atoms with Crippen LogP contribution in [0.5, 0.6) is 0 Å². The zero-order valence-electron chi connectivity index (χ0n) is 13.7. The zero-order valence-corrected chi connectivity index (χ0v) is 13.7. The smallest absolute Gasteiger partial charge is 0.318 e. The highest BCUT2D eigenvalue weighted by Crippen LogP contribution is 2.18. The van der Waals surface area contributed by atoms with Crippen molar-refractivity contribution < 1.29 is 9.15 Å². The van der Waals surface area contributed by atoms with Crippen molar-refractivity contribution in [2.75, 3.05) is 44.2 Å². The second kappa shape index (κ2) is 7.92. The summed E-state index contributed by atoms with van der Waals surface area (Å²) in [6.45, 7) is 8.17. The number of aromatic nitrogens is 2. The van der Waals surface area contributed by atoms with Gasteiger partial charge in [-0.3, -0.25) is 0 Å². The fraction of sp³-hybridized carbons (Fsp3) is 0.875. The molecule has 3 heterocycles. The summed E-state index contributed by atoms with van der Waals surface area (Å²) in [6, 6.07) is 0.664. The molecule has 0 saturated carbocycles. The molecule has 2 aliphatic heterocycles. The summed E-state index contributed by atoms with van der Waals surface area (Å²) in [5.41, 5.74) is 0. The van der Waals surface area contributed by atoms with Crippen LogP contribution in [0.3, 0.4) is 0 Å². The molecule has 0 N–H and O–H groups in total. The average molecular weight is 308 g/mol. The van der Waals surface area contributed by atoms with Crippen molar-refractivity contribution in [3.05, 3.63) is 5.89 Å². The van der Waals surface area contributed by atoms with E-state index in [1.165, 1.54) is 32.4 Å². The van der Waals surface area contributed by atoms with Gasteiger partial charge in [-0.2, -0.15) is 0 Å². The molecule has 2 fully saturated rings. The number of hydrogen-bond acceptors (Lipinski definition) is 6. The van der Waals surface area contributed by atoms with E-state index in [4.69, 9.17) is 9.15 Å². The molecule has 0 aliphatic carbocycles. The van der Waals surface area contributed by atoms with Crippen molar-refractivity contribution in [1.29, 1.82) is 0 Å². The molecule has 1 atom stereocenters. The first kappa shape index (κ1) is 15.7. The quantitative estimate of drug-likeness (QED) is 0.830. The molecule has 0 bridgehead atoms.